The van der Waals surface area contributed by atoms with E-state index in [1.54, 1.807) is 0 Å². The van der Waals surface area contributed by atoms with E-state index >= 15 is 0 Å². The summed E-state index contributed by atoms with van der Waals surface area (Å²) >= 11 is 0. The first kappa shape index (κ1) is 11.4. The van der Waals surface area contributed by atoms with E-state index < -0.39 is 0 Å². The summed E-state index contributed by atoms with van der Waals surface area (Å²) in [6.07, 6.45) is 7.34. The highest BCUT2D eigenvalue weighted by molar-refractivity contribution is 4.83. The van der Waals surface area contributed by atoms with Gasteiger partial charge in [-0.1, -0.05) is 0 Å². The van der Waals surface area contributed by atoms with Gasteiger partial charge in [-0.25, -0.2) is 0 Å². The summed E-state index contributed by atoms with van der Waals surface area (Å²) in [5.74, 6) is 0. The Labute approximate surface area is 92.4 Å². The molecule has 2 rings (SSSR count). The van der Waals surface area contributed by atoms with Crippen LogP contribution in [0, 0.1) is 0 Å². The molecule has 0 aromatic heterocycles. The van der Waals surface area contributed by atoms with Crippen molar-refractivity contribution in [1.29, 1.82) is 0 Å². The molecule has 1 heterocycles. The maximum absolute atomic E-state index is 9.47. The second-order valence-corrected chi connectivity index (χ2v) is 4.95. The molecule has 0 aromatic rings. The van der Waals surface area contributed by atoms with Crippen molar-refractivity contribution in [1.82, 2.24) is 4.90 Å². The van der Waals surface area contributed by atoms with Crippen molar-refractivity contribution in [3.63, 3.8) is 0 Å². The Hall–Kier alpha value is -0.120. The van der Waals surface area contributed by atoms with Crippen LogP contribution in [-0.4, -0.2) is 48.5 Å². The summed E-state index contributed by atoms with van der Waals surface area (Å²) in [5, 5.41) is 9.47. The van der Waals surface area contributed by atoms with Crippen LogP contribution < -0.4 is 0 Å². The van der Waals surface area contributed by atoms with Gasteiger partial charge in [0.15, 0.2) is 0 Å². The number of hydrogen-bond donors (Lipinski definition) is 1. The third-order valence-electron chi connectivity index (χ3n) is 3.95. The Morgan fingerprint density at radius 2 is 1.87 bits per heavy atom. The summed E-state index contributed by atoms with van der Waals surface area (Å²) in [6, 6.07) is 0.705. The van der Waals surface area contributed by atoms with Crippen LogP contribution in [0.3, 0.4) is 0 Å². The van der Waals surface area contributed by atoms with E-state index in [4.69, 9.17) is 4.74 Å². The van der Waals surface area contributed by atoms with Crippen LogP contribution in [0.15, 0.2) is 0 Å². The van der Waals surface area contributed by atoms with Gasteiger partial charge in [0.1, 0.15) is 0 Å². The van der Waals surface area contributed by atoms with Crippen LogP contribution in [-0.2, 0) is 4.74 Å². The predicted molar refractivity (Wildman–Crippen MR) is 59.9 cm³/mol. The monoisotopic (exact) mass is 213 g/mol. The minimum atomic E-state index is -0.0527. The molecule has 0 aromatic carbocycles. The van der Waals surface area contributed by atoms with E-state index in [0.29, 0.717) is 12.1 Å². The Morgan fingerprint density at radius 1 is 1.13 bits per heavy atom. The lowest BCUT2D eigenvalue weighted by Gasteiger charge is -2.40. The number of piperidine rings is 1. The van der Waals surface area contributed by atoms with Crippen LogP contribution in [0.4, 0.5) is 0 Å². The van der Waals surface area contributed by atoms with Gasteiger partial charge in [0.25, 0.3) is 0 Å². The van der Waals surface area contributed by atoms with Gasteiger partial charge in [0.2, 0.25) is 0 Å². The summed E-state index contributed by atoms with van der Waals surface area (Å²) in [5.41, 5.74) is 0. The molecule has 88 valence electrons. The van der Waals surface area contributed by atoms with Crippen molar-refractivity contribution in [3.05, 3.63) is 0 Å². The molecule has 3 nitrogen and oxygen atoms in total. The maximum Gasteiger partial charge on any atom is 0.0586 e. The van der Waals surface area contributed by atoms with E-state index in [2.05, 4.69) is 4.90 Å². The lowest BCUT2D eigenvalue weighted by molar-refractivity contribution is 0.00466. The fraction of sp³-hybridized carbons (Fsp3) is 1.00. The van der Waals surface area contributed by atoms with Gasteiger partial charge in [-0.3, -0.25) is 0 Å². The van der Waals surface area contributed by atoms with Crippen LogP contribution in [0.1, 0.15) is 38.5 Å². The summed E-state index contributed by atoms with van der Waals surface area (Å²) in [4.78, 5) is 2.55. The van der Waals surface area contributed by atoms with Gasteiger partial charge in [-0.15, -0.1) is 0 Å². The van der Waals surface area contributed by atoms with Crippen molar-refractivity contribution >= 4 is 0 Å². The predicted octanol–water partition coefficient (Wildman–Crippen LogP) is 1.40. The van der Waals surface area contributed by atoms with Crippen LogP contribution >= 0.6 is 0 Å². The molecule has 15 heavy (non-hydrogen) atoms. The van der Waals surface area contributed by atoms with E-state index in [0.717, 1.165) is 25.9 Å². The molecule has 0 bridgehead atoms. The average Bonchev–Trinajstić information content (AvgIpc) is 2.30. The van der Waals surface area contributed by atoms with Crippen LogP contribution in [0.5, 0.6) is 0 Å². The molecule has 1 saturated heterocycles. The Morgan fingerprint density at radius 3 is 2.53 bits per heavy atom. The molecular weight excluding hydrogens is 190 g/mol. The lowest BCUT2D eigenvalue weighted by atomic mass is 9.90. The van der Waals surface area contributed by atoms with Gasteiger partial charge in [-0.2, -0.15) is 0 Å². The molecule has 3 heteroatoms. The molecule has 1 aliphatic heterocycles. The van der Waals surface area contributed by atoms with Gasteiger partial charge < -0.3 is 14.7 Å². The Balaban J connectivity index is 1.82. The molecule has 2 unspecified atom stereocenters. The third kappa shape index (κ3) is 2.92. The zero-order valence-corrected chi connectivity index (χ0v) is 9.69. The minimum Gasteiger partial charge on any atom is -0.393 e. The van der Waals surface area contributed by atoms with E-state index in [1.165, 1.54) is 25.7 Å². The lowest BCUT2D eigenvalue weighted by Crippen LogP contribution is -2.45. The van der Waals surface area contributed by atoms with Crippen molar-refractivity contribution < 1.29 is 9.84 Å². The van der Waals surface area contributed by atoms with Crippen molar-refractivity contribution in [3.8, 4) is 0 Å². The standard InChI is InChI=1S/C12H23NO2/c1-15-12-4-2-3-10(9-12)13-7-5-11(14)6-8-13/h10-12,14H,2-9H2,1H3. The van der Waals surface area contributed by atoms with E-state index in [-0.39, 0.29) is 6.10 Å². The summed E-state index contributed by atoms with van der Waals surface area (Å²) < 4.78 is 5.46. The molecule has 1 aliphatic carbocycles. The molecule has 0 radical (unpaired) electrons. The molecule has 2 atom stereocenters. The second kappa shape index (κ2) is 5.28. The van der Waals surface area contributed by atoms with E-state index in [1.807, 2.05) is 7.11 Å². The SMILES string of the molecule is COC1CCCC(N2CCC(O)CC2)C1. The highest BCUT2D eigenvalue weighted by atomic mass is 16.5. The van der Waals surface area contributed by atoms with Crippen molar-refractivity contribution in [2.45, 2.75) is 56.8 Å². The number of aliphatic hydroxyl groups is 1. The Kier molecular flexibility index (Phi) is 4.00. The number of aliphatic hydroxyl groups excluding tert-OH is 1. The average molecular weight is 213 g/mol. The first-order valence-corrected chi connectivity index (χ1v) is 6.24. The number of rotatable bonds is 2. The van der Waals surface area contributed by atoms with Gasteiger partial charge in [-0.05, 0) is 38.5 Å². The van der Waals surface area contributed by atoms with Crippen LogP contribution in [0.2, 0.25) is 0 Å². The molecule has 1 N–H and O–H groups in total. The van der Waals surface area contributed by atoms with Gasteiger partial charge in [0, 0.05) is 26.2 Å². The fourth-order valence-electron chi connectivity index (χ4n) is 2.92. The maximum atomic E-state index is 9.47. The summed E-state index contributed by atoms with van der Waals surface area (Å²) in [6.45, 7) is 2.14. The van der Waals surface area contributed by atoms with Gasteiger partial charge >= 0.3 is 0 Å². The minimum absolute atomic E-state index is 0.0527. The number of methoxy groups -OCH3 is 1. The van der Waals surface area contributed by atoms with E-state index in [9.17, 15) is 5.11 Å². The first-order valence-electron chi connectivity index (χ1n) is 6.24. The van der Waals surface area contributed by atoms with Crippen LogP contribution in [0.25, 0.3) is 0 Å². The third-order valence-corrected chi connectivity index (χ3v) is 3.95. The van der Waals surface area contributed by atoms with Crippen molar-refractivity contribution in [2.24, 2.45) is 0 Å². The zero-order chi connectivity index (χ0) is 10.7. The largest absolute Gasteiger partial charge is 0.393 e. The normalized spacial score (nSPS) is 35.6. The first-order chi connectivity index (χ1) is 7.29. The highest BCUT2D eigenvalue weighted by Gasteiger charge is 2.28. The number of hydrogen-bond acceptors (Lipinski definition) is 3. The molecule has 2 aliphatic rings. The van der Waals surface area contributed by atoms with Gasteiger partial charge in [0.05, 0.1) is 12.2 Å². The number of ether oxygens (including phenoxy) is 1. The summed E-state index contributed by atoms with van der Waals surface area (Å²) in [7, 11) is 1.83. The quantitative estimate of drug-likeness (QED) is 0.752. The zero-order valence-electron chi connectivity index (χ0n) is 9.69. The molecule has 0 spiro atoms. The molecular formula is C12H23NO2. The van der Waals surface area contributed by atoms with Crippen molar-refractivity contribution in [2.75, 3.05) is 20.2 Å². The Bertz CT molecular complexity index is 190. The molecule has 2 fully saturated rings. The molecule has 0 amide bonds. The number of nitrogens with zero attached hydrogens (tertiary/aromatic N) is 1. The highest BCUT2D eigenvalue weighted by Crippen LogP contribution is 2.26. The fourth-order valence-corrected chi connectivity index (χ4v) is 2.92. The smallest absolute Gasteiger partial charge is 0.0586 e. The topological polar surface area (TPSA) is 32.7 Å². The number of likely N-dealkylation sites (tertiary alicyclic amines) is 1. The second-order valence-electron chi connectivity index (χ2n) is 4.95. The molecule has 1 saturated carbocycles.